The predicted octanol–water partition coefficient (Wildman–Crippen LogP) is -0.112. The predicted molar refractivity (Wildman–Crippen MR) is 59.4 cm³/mol. The van der Waals surface area contributed by atoms with Crippen LogP contribution in [0.4, 0.5) is 4.79 Å². The number of ketones is 1. The number of nitrogens with one attached hydrogen (secondary N) is 1. The highest BCUT2D eigenvalue weighted by Crippen LogP contribution is 2.14. The number of rotatable bonds is 3. The van der Waals surface area contributed by atoms with Gasteiger partial charge in [-0.3, -0.25) is 4.79 Å². The Morgan fingerprint density at radius 2 is 2.24 bits per heavy atom. The van der Waals surface area contributed by atoms with Crippen LogP contribution in [0.15, 0.2) is 0 Å². The Labute approximate surface area is 100 Å². The number of amides is 1. The van der Waals surface area contributed by atoms with Crippen molar-refractivity contribution in [1.82, 2.24) is 9.03 Å². The van der Waals surface area contributed by atoms with Crippen molar-refractivity contribution in [3.63, 3.8) is 0 Å². The van der Waals surface area contributed by atoms with Gasteiger partial charge >= 0.3 is 16.3 Å². The second kappa shape index (κ2) is 5.46. The van der Waals surface area contributed by atoms with Gasteiger partial charge in [0, 0.05) is 25.4 Å². The fraction of sp³-hybridized carbons (Fsp3) is 0.778. The van der Waals surface area contributed by atoms with Crippen LogP contribution in [0.5, 0.6) is 0 Å². The van der Waals surface area contributed by atoms with Crippen molar-refractivity contribution in [2.24, 2.45) is 5.92 Å². The van der Waals surface area contributed by atoms with Gasteiger partial charge in [-0.25, -0.2) is 9.52 Å². The third-order valence-electron chi connectivity index (χ3n) is 2.46. The van der Waals surface area contributed by atoms with Crippen LogP contribution in [0.25, 0.3) is 0 Å². The lowest BCUT2D eigenvalue weighted by molar-refractivity contribution is -0.124. The average molecular weight is 264 g/mol. The number of carbonyl (C=O) groups excluding carboxylic acids is 2. The molecule has 1 unspecified atom stereocenters. The minimum Gasteiger partial charge on any atom is -0.449 e. The number of Topliss-reactive ketones (excluding diaryl/α,β-unsaturated/α-hetero) is 1. The molecule has 8 heteroatoms. The summed E-state index contributed by atoms with van der Waals surface area (Å²) in [5.74, 6) is -0.310. The van der Waals surface area contributed by atoms with Crippen molar-refractivity contribution in [1.29, 1.82) is 0 Å². The molecule has 1 heterocycles. The normalized spacial score (nSPS) is 22.2. The minimum atomic E-state index is -3.90. The number of ether oxygens (including phenoxy) is 1. The highest BCUT2D eigenvalue weighted by Gasteiger charge is 2.32. The van der Waals surface area contributed by atoms with E-state index >= 15 is 0 Å². The minimum absolute atomic E-state index is 0.0348. The number of nitrogens with zero attached hydrogens (tertiary/aromatic N) is 1. The van der Waals surface area contributed by atoms with Gasteiger partial charge in [0.2, 0.25) is 0 Å². The molecule has 1 N–H and O–H groups in total. The molecule has 0 spiro atoms. The van der Waals surface area contributed by atoms with Crippen LogP contribution in [0.1, 0.15) is 20.3 Å². The third kappa shape index (κ3) is 3.67. The van der Waals surface area contributed by atoms with Gasteiger partial charge in [0.05, 0.1) is 6.61 Å². The van der Waals surface area contributed by atoms with E-state index in [2.05, 4.69) is 4.74 Å². The Kier molecular flexibility index (Phi) is 4.47. The van der Waals surface area contributed by atoms with Crippen LogP contribution < -0.4 is 4.72 Å². The van der Waals surface area contributed by atoms with Gasteiger partial charge in [-0.1, -0.05) is 6.92 Å². The van der Waals surface area contributed by atoms with Gasteiger partial charge < -0.3 is 4.74 Å². The molecule has 98 valence electrons. The van der Waals surface area contributed by atoms with Gasteiger partial charge in [-0.15, -0.1) is 0 Å². The molecule has 1 amide bonds. The molecule has 1 saturated heterocycles. The van der Waals surface area contributed by atoms with E-state index in [1.54, 1.807) is 18.6 Å². The Bertz CT molecular complexity index is 406. The largest absolute Gasteiger partial charge is 0.449 e. The van der Waals surface area contributed by atoms with Crippen LogP contribution in [-0.2, 0) is 19.7 Å². The van der Waals surface area contributed by atoms with Crippen LogP contribution in [0.2, 0.25) is 0 Å². The molecule has 0 aromatic heterocycles. The molecule has 0 aromatic carbocycles. The first-order valence-electron chi connectivity index (χ1n) is 5.34. The zero-order valence-electron chi connectivity index (χ0n) is 9.80. The second-order valence-corrected chi connectivity index (χ2v) is 5.47. The standard InChI is InChI=1S/C9H16N2O5S/c1-3-16-9(13)10-17(14,15)11-5-4-8(12)7(2)6-11/h7H,3-6H2,1-2H3,(H,10,13). The maximum absolute atomic E-state index is 11.7. The summed E-state index contributed by atoms with van der Waals surface area (Å²) in [6, 6.07) is 0. The maximum Gasteiger partial charge on any atom is 0.421 e. The van der Waals surface area contributed by atoms with Crippen molar-refractivity contribution < 1.29 is 22.7 Å². The molecule has 1 rings (SSSR count). The molecule has 0 aromatic rings. The molecule has 0 aliphatic carbocycles. The number of carbonyl (C=O) groups is 2. The second-order valence-electron chi connectivity index (χ2n) is 3.80. The lowest BCUT2D eigenvalue weighted by atomic mass is 10.0. The van der Waals surface area contributed by atoms with E-state index in [1.807, 2.05) is 0 Å². The van der Waals surface area contributed by atoms with Crippen molar-refractivity contribution in [3.8, 4) is 0 Å². The summed E-state index contributed by atoms with van der Waals surface area (Å²) in [6.45, 7) is 3.52. The summed E-state index contributed by atoms with van der Waals surface area (Å²) in [4.78, 5) is 22.3. The van der Waals surface area contributed by atoms with Crippen molar-refractivity contribution in [2.45, 2.75) is 20.3 Å². The summed E-state index contributed by atoms with van der Waals surface area (Å²) in [7, 11) is -3.90. The molecular formula is C9H16N2O5S. The molecule has 1 fully saturated rings. The van der Waals surface area contributed by atoms with Crippen LogP contribution in [-0.4, -0.2) is 44.3 Å². The van der Waals surface area contributed by atoms with Gasteiger partial charge in [0.15, 0.2) is 0 Å². The number of piperidine rings is 1. The molecule has 1 aliphatic heterocycles. The fourth-order valence-electron chi connectivity index (χ4n) is 1.53. The SMILES string of the molecule is CCOC(=O)NS(=O)(=O)N1CCC(=O)C(C)C1. The Hall–Kier alpha value is -1.15. The Morgan fingerprint density at radius 3 is 2.76 bits per heavy atom. The summed E-state index contributed by atoms with van der Waals surface area (Å²) in [5, 5.41) is 0. The summed E-state index contributed by atoms with van der Waals surface area (Å²) >= 11 is 0. The Balaban J connectivity index is 2.65. The molecule has 17 heavy (non-hydrogen) atoms. The summed E-state index contributed by atoms with van der Waals surface area (Å²) in [5.41, 5.74) is 0. The van der Waals surface area contributed by atoms with Crippen molar-refractivity contribution in [3.05, 3.63) is 0 Å². The van der Waals surface area contributed by atoms with E-state index in [0.29, 0.717) is 0 Å². The molecule has 1 atom stereocenters. The van der Waals surface area contributed by atoms with E-state index in [0.717, 1.165) is 4.31 Å². The molecule has 0 bridgehead atoms. The van der Waals surface area contributed by atoms with Gasteiger partial charge in [-0.05, 0) is 6.92 Å². The molecule has 0 radical (unpaired) electrons. The molecule has 1 aliphatic rings. The summed E-state index contributed by atoms with van der Waals surface area (Å²) < 4.78 is 30.8. The lowest BCUT2D eigenvalue weighted by Gasteiger charge is -2.28. The fourth-order valence-corrected chi connectivity index (χ4v) is 2.68. The molecule has 0 saturated carbocycles. The van der Waals surface area contributed by atoms with Crippen LogP contribution in [0, 0.1) is 5.92 Å². The summed E-state index contributed by atoms with van der Waals surface area (Å²) in [6.07, 6.45) is -0.831. The van der Waals surface area contributed by atoms with Gasteiger partial charge in [0.25, 0.3) is 0 Å². The Morgan fingerprint density at radius 1 is 1.59 bits per heavy atom. The van der Waals surface area contributed by atoms with E-state index < -0.39 is 16.3 Å². The van der Waals surface area contributed by atoms with E-state index in [-0.39, 0.29) is 37.8 Å². The highest BCUT2D eigenvalue weighted by atomic mass is 32.2. The van der Waals surface area contributed by atoms with Crippen LogP contribution >= 0.6 is 0 Å². The lowest BCUT2D eigenvalue weighted by Crippen LogP contribution is -2.49. The first kappa shape index (κ1) is 13.9. The monoisotopic (exact) mass is 264 g/mol. The molecular weight excluding hydrogens is 248 g/mol. The first-order valence-corrected chi connectivity index (χ1v) is 6.78. The van der Waals surface area contributed by atoms with Crippen molar-refractivity contribution >= 4 is 22.1 Å². The highest BCUT2D eigenvalue weighted by molar-refractivity contribution is 7.87. The average Bonchev–Trinajstić information content (AvgIpc) is 2.21. The van der Waals surface area contributed by atoms with Gasteiger partial charge in [0.1, 0.15) is 5.78 Å². The zero-order valence-corrected chi connectivity index (χ0v) is 10.6. The third-order valence-corrected chi connectivity index (χ3v) is 3.90. The van der Waals surface area contributed by atoms with Crippen molar-refractivity contribution in [2.75, 3.05) is 19.7 Å². The van der Waals surface area contributed by atoms with E-state index in [9.17, 15) is 18.0 Å². The zero-order chi connectivity index (χ0) is 13.1. The number of hydrogen-bond donors (Lipinski definition) is 1. The smallest absolute Gasteiger partial charge is 0.421 e. The van der Waals surface area contributed by atoms with E-state index in [1.165, 1.54) is 0 Å². The van der Waals surface area contributed by atoms with E-state index in [4.69, 9.17) is 0 Å². The quantitative estimate of drug-likeness (QED) is 0.767. The van der Waals surface area contributed by atoms with Crippen LogP contribution in [0.3, 0.4) is 0 Å². The topological polar surface area (TPSA) is 92.8 Å². The number of hydrogen-bond acceptors (Lipinski definition) is 5. The molecule has 7 nitrogen and oxygen atoms in total. The maximum atomic E-state index is 11.7. The van der Waals surface area contributed by atoms with Gasteiger partial charge in [-0.2, -0.15) is 12.7 Å². The first-order chi connectivity index (χ1) is 7.86.